The molecule has 0 aliphatic carbocycles. The zero-order valence-electron chi connectivity index (χ0n) is 14.9. The van der Waals surface area contributed by atoms with Gasteiger partial charge in [-0.05, 0) is 18.2 Å². The molecule has 0 fully saturated rings. The van der Waals surface area contributed by atoms with E-state index in [1.807, 2.05) is 42.5 Å². The molecule has 2 aromatic heterocycles. The number of methoxy groups -OCH3 is 1. The standard InChI is InChI=1S/C21H15ClN4O2/c1-28-20-11-19(23-12-24-20)26-21(27)15-10-18(14-7-2-4-8-16(14)22)25-17-9-5-3-6-13(15)17/h2-12H,1H3,(H,23,24,26,27). The van der Waals surface area contributed by atoms with Crippen LogP contribution in [0.1, 0.15) is 10.4 Å². The molecule has 2 aromatic carbocycles. The number of fused-ring (bicyclic) bond motifs is 1. The molecule has 0 atom stereocenters. The third-order valence-corrected chi connectivity index (χ3v) is 4.53. The predicted octanol–water partition coefficient (Wildman–Crippen LogP) is 4.61. The lowest BCUT2D eigenvalue weighted by Gasteiger charge is -2.11. The number of hydrogen-bond donors (Lipinski definition) is 1. The summed E-state index contributed by atoms with van der Waals surface area (Å²) in [5.41, 5.74) is 2.55. The molecule has 2 heterocycles. The summed E-state index contributed by atoms with van der Waals surface area (Å²) in [4.78, 5) is 25.7. The molecule has 0 aliphatic heterocycles. The third-order valence-electron chi connectivity index (χ3n) is 4.20. The van der Waals surface area contributed by atoms with Gasteiger partial charge in [-0.1, -0.05) is 48.0 Å². The lowest BCUT2D eigenvalue weighted by molar-refractivity contribution is 0.102. The summed E-state index contributed by atoms with van der Waals surface area (Å²) in [7, 11) is 1.50. The van der Waals surface area contributed by atoms with Gasteiger partial charge in [0.25, 0.3) is 5.91 Å². The van der Waals surface area contributed by atoms with Crippen LogP contribution in [0.3, 0.4) is 0 Å². The van der Waals surface area contributed by atoms with Crippen LogP contribution in [0.15, 0.2) is 67.0 Å². The first-order chi connectivity index (χ1) is 13.7. The van der Waals surface area contributed by atoms with E-state index in [1.54, 1.807) is 18.2 Å². The van der Waals surface area contributed by atoms with E-state index in [1.165, 1.54) is 13.4 Å². The second-order valence-corrected chi connectivity index (χ2v) is 6.36. The Kier molecular flexibility index (Phi) is 4.87. The van der Waals surface area contributed by atoms with Gasteiger partial charge in [-0.2, -0.15) is 0 Å². The molecule has 4 rings (SSSR count). The van der Waals surface area contributed by atoms with Gasteiger partial charge in [0.1, 0.15) is 12.1 Å². The minimum Gasteiger partial charge on any atom is -0.481 e. The van der Waals surface area contributed by atoms with E-state index in [4.69, 9.17) is 16.3 Å². The molecular weight excluding hydrogens is 376 g/mol. The van der Waals surface area contributed by atoms with Crippen LogP contribution in [0.5, 0.6) is 5.88 Å². The fraction of sp³-hybridized carbons (Fsp3) is 0.0476. The molecule has 0 bridgehead atoms. The molecule has 138 valence electrons. The van der Waals surface area contributed by atoms with Gasteiger partial charge in [-0.25, -0.2) is 15.0 Å². The van der Waals surface area contributed by atoms with Gasteiger partial charge in [0.05, 0.1) is 23.9 Å². The van der Waals surface area contributed by atoms with E-state index in [-0.39, 0.29) is 5.91 Å². The fourth-order valence-corrected chi connectivity index (χ4v) is 3.11. The summed E-state index contributed by atoms with van der Waals surface area (Å²) in [6.07, 6.45) is 1.33. The lowest BCUT2D eigenvalue weighted by atomic mass is 10.0. The smallest absolute Gasteiger partial charge is 0.257 e. The Hall–Kier alpha value is -3.51. The van der Waals surface area contributed by atoms with Crippen molar-refractivity contribution in [3.05, 3.63) is 77.6 Å². The number of anilines is 1. The van der Waals surface area contributed by atoms with Gasteiger partial charge in [0, 0.05) is 22.0 Å². The highest BCUT2D eigenvalue weighted by molar-refractivity contribution is 6.33. The van der Waals surface area contributed by atoms with Crippen LogP contribution in [0, 0.1) is 0 Å². The maximum Gasteiger partial charge on any atom is 0.257 e. The van der Waals surface area contributed by atoms with E-state index in [0.717, 1.165) is 10.9 Å². The highest BCUT2D eigenvalue weighted by Gasteiger charge is 2.16. The summed E-state index contributed by atoms with van der Waals surface area (Å²) in [5, 5.41) is 4.09. The molecule has 1 amide bonds. The number of carbonyl (C=O) groups excluding carboxylic acids is 1. The first-order valence-corrected chi connectivity index (χ1v) is 8.85. The third kappa shape index (κ3) is 3.50. The number of pyridine rings is 1. The van der Waals surface area contributed by atoms with Gasteiger partial charge in [-0.15, -0.1) is 0 Å². The van der Waals surface area contributed by atoms with Gasteiger partial charge < -0.3 is 10.1 Å². The molecule has 0 aliphatic rings. The number of carbonyl (C=O) groups is 1. The first kappa shape index (κ1) is 17.9. The van der Waals surface area contributed by atoms with Crippen molar-refractivity contribution < 1.29 is 9.53 Å². The zero-order chi connectivity index (χ0) is 19.5. The van der Waals surface area contributed by atoms with Crippen molar-refractivity contribution >= 4 is 34.2 Å². The highest BCUT2D eigenvalue weighted by atomic mass is 35.5. The van der Waals surface area contributed by atoms with Crippen LogP contribution >= 0.6 is 11.6 Å². The van der Waals surface area contributed by atoms with Crippen molar-refractivity contribution in [1.82, 2.24) is 15.0 Å². The quantitative estimate of drug-likeness (QED) is 0.550. The summed E-state index contributed by atoms with van der Waals surface area (Å²) in [6, 6.07) is 18.1. The molecule has 7 heteroatoms. The van der Waals surface area contributed by atoms with Crippen LogP contribution in [0.4, 0.5) is 5.82 Å². The zero-order valence-corrected chi connectivity index (χ0v) is 15.6. The van der Waals surface area contributed by atoms with Crippen molar-refractivity contribution in [1.29, 1.82) is 0 Å². The first-order valence-electron chi connectivity index (χ1n) is 8.48. The molecule has 0 unspecified atom stereocenters. The largest absolute Gasteiger partial charge is 0.481 e. The average Bonchev–Trinajstić information content (AvgIpc) is 2.73. The minimum absolute atomic E-state index is 0.312. The van der Waals surface area contributed by atoms with Crippen molar-refractivity contribution in [3.8, 4) is 17.1 Å². The van der Waals surface area contributed by atoms with E-state index in [9.17, 15) is 4.79 Å². The molecule has 28 heavy (non-hydrogen) atoms. The minimum atomic E-state index is -0.312. The number of nitrogens with zero attached hydrogens (tertiary/aromatic N) is 3. The van der Waals surface area contributed by atoms with Crippen LogP contribution in [-0.2, 0) is 0 Å². The van der Waals surface area contributed by atoms with Crippen LogP contribution < -0.4 is 10.1 Å². The number of benzene rings is 2. The maximum atomic E-state index is 13.0. The Labute approximate surface area is 166 Å². The number of halogens is 1. The summed E-state index contributed by atoms with van der Waals surface area (Å²) in [5.74, 6) is 0.395. The molecule has 6 nitrogen and oxygen atoms in total. The van der Waals surface area contributed by atoms with Crippen molar-refractivity contribution in [2.24, 2.45) is 0 Å². The molecule has 0 radical (unpaired) electrons. The van der Waals surface area contributed by atoms with E-state index in [0.29, 0.717) is 33.5 Å². The van der Waals surface area contributed by atoms with Gasteiger partial charge in [0.2, 0.25) is 5.88 Å². The molecular formula is C21H15ClN4O2. The van der Waals surface area contributed by atoms with Crippen molar-refractivity contribution in [3.63, 3.8) is 0 Å². The molecule has 4 aromatic rings. The van der Waals surface area contributed by atoms with Crippen LogP contribution in [0.2, 0.25) is 5.02 Å². The van der Waals surface area contributed by atoms with Crippen LogP contribution in [-0.4, -0.2) is 28.0 Å². The van der Waals surface area contributed by atoms with Gasteiger partial charge >= 0.3 is 0 Å². The number of hydrogen-bond acceptors (Lipinski definition) is 5. The van der Waals surface area contributed by atoms with Crippen molar-refractivity contribution in [2.75, 3.05) is 12.4 Å². The number of aromatic nitrogens is 3. The highest BCUT2D eigenvalue weighted by Crippen LogP contribution is 2.30. The predicted molar refractivity (Wildman–Crippen MR) is 109 cm³/mol. The molecule has 0 spiro atoms. The second kappa shape index (κ2) is 7.62. The number of ether oxygens (including phenoxy) is 1. The number of amides is 1. The number of nitrogens with one attached hydrogen (secondary N) is 1. The van der Waals surface area contributed by atoms with E-state index >= 15 is 0 Å². The second-order valence-electron chi connectivity index (χ2n) is 5.95. The van der Waals surface area contributed by atoms with Gasteiger partial charge in [-0.3, -0.25) is 4.79 Å². The Morgan fingerprint density at radius 2 is 1.82 bits per heavy atom. The van der Waals surface area contributed by atoms with E-state index in [2.05, 4.69) is 20.3 Å². The monoisotopic (exact) mass is 390 g/mol. The SMILES string of the molecule is COc1cc(NC(=O)c2cc(-c3ccccc3Cl)nc3ccccc23)ncn1. The van der Waals surface area contributed by atoms with Crippen LogP contribution in [0.25, 0.3) is 22.2 Å². The summed E-state index contributed by atoms with van der Waals surface area (Å²) >= 11 is 6.33. The average molecular weight is 391 g/mol. The van der Waals surface area contributed by atoms with Gasteiger partial charge in [0.15, 0.2) is 0 Å². The van der Waals surface area contributed by atoms with Crippen molar-refractivity contribution in [2.45, 2.75) is 0 Å². The Balaban J connectivity index is 1.81. The fourth-order valence-electron chi connectivity index (χ4n) is 2.87. The summed E-state index contributed by atoms with van der Waals surface area (Å²) < 4.78 is 5.08. The Morgan fingerprint density at radius 1 is 1.04 bits per heavy atom. The topological polar surface area (TPSA) is 77.0 Å². The number of rotatable bonds is 4. The molecule has 1 N–H and O–H groups in total. The van der Waals surface area contributed by atoms with E-state index < -0.39 is 0 Å². The summed E-state index contributed by atoms with van der Waals surface area (Å²) in [6.45, 7) is 0. The lowest BCUT2D eigenvalue weighted by Crippen LogP contribution is -2.14. The Morgan fingerprint density at radius 3 is 2.64 bits per heavy atom. The maximum absolute atomic E-state index is 13.0. The molecule has 0 saturated carbocycles. The molecule has 0 saturated heterocycles. The number of para-hydroxylation sites is 1. The normalized spacial score (nSPS) is 10.6. The Bertz CT molecular complexity index is 1180.